The van der Waals surface area contributed by atoms with Crippen LogP contribution in [0.1, 0.15) is 34.9 Å². The number of hydrogen-bond acceptors (Lipinski definition) is 5. The van der Waals surface area contributed by atoms with E-state index >= 15 is 0 Å². The summed E-state index contributed by atoms with van der Waals surface area (Å²) in [5.41, 5.74) is 8.17. The zero-order chi connectivity index (χ0) is 16.7. The number of H-pyrrole nitrogens is 1. The van der Waals surface area contributed by atoms with E-state index in [1.54, 1.807) is 16.9 Å². The number of amides is 1. The molecule has 1 saturated heterocycles. The van der Waals surface area contributed by atoms with Gasteiger partial charge in [-0.15, -0.1) is 0 Å². The summed E-state index contributed by atoms with van der Waals surface area (Å²) in [5, 5.41) is 11.7. The van der Waals surface area contributed by atoms with E-state index in [0.717, 1.165) is 36.1 Å². The number of nitrogens with two attached hydrogens (primary N) is 1. The summed E-state index contributed by atoms with van der Waals surface area (Å²) >= 11 is 0. The number of anilines is 1. The van der Waals surface area contributed by atoms with Gasteiger partial charge in [-0.1, -0.05) is 0 Å². The fourth-order valence-corrected chi connectivity index (χ4v) is 3.35. The lowest BCUT2D eigenvalue weighted by Crippen LogP contribution is -2.39. The zero-order valence-corrected chi connectivity index (χ0v) is 13.4. The SMILES string of the molecule is Cn1nc(N)c2ccc([C@H]3CCCN(C(=O)c4ccn[nH]4)C3)nc21. The first-order chi connectivity index (χ1) is 11.6. The Labute approximate surface area is 138 Å². The van der Waals surface area contributed by atoms with Crippen LogP contribution in [0.25, 0.3) is 11.0 Å². The first kappa shape index (κ1) is 14.7. The lowest BCUT2D eigenvalue weighted by Gasteiger charge is -2.32. The number of nitrogen functional groups attached to an aromatic ring is 1. The average molecular weight is 325 g/mol. The van der Waals surface area contributed by atoms with E-state index in [0.29, 0.717) is 18.1 Å². The Morgan fingerprint density at radius 3 is 3.04 bits per heavy atom. The van der Waals surface area contributed by atoms with Gasteiger partial charge in [0.2, 0.25) is 0 Å². The number of aryl methyl sites for hydroxylation is 1. The van der Waals surface area contributed by atoms with Gasteiger partial charge in [0, 0.05) is 37.9 Å². The monoisotopic (exact) mass is 325 g/mol. The fourth-order valence-electron chi connectivity index (χ4n) is 3.35. The molecule has 1 atom stereocenters. The molecule has 0 unspecified atom stereocenters. The summed E-state index contributed by atoms with van der Waals surface area (Å²) in [6.07, 6.45) is 3.56. The minimum Gasteiger partial charge on any atom is -0.382 e. The minimum atomic E-state index is -0.0111. The Balaban J connectivity index is 1.60. The van der Waals surface area contributed by atoms with E-state index in [-0.39, 0.29) is 11.8 Å². The summed E-state index contributed by atoms with van der Waals surface area (Å²) in [6.45, 7) is 1.42. The molecule has 3 aromatic heterocycles. The normalized spacial score (nSPS) is 18.2. The number of fused-ring (bicyclic) bond motifs is 1. The zero-order valence-electron chi connectivity index (χ0n) is 13.4. The molecule has 4 heterocycles. The van der Waals surface area contributed by atoms with Crippen molar-refractivity contribution < 1.29 is 4.79 Å². The van der Waals surface area contributed by atoms with Crippen molar-refractivity contribution in [3.8, 4) is 0 Å². The van der Waals surface area contributed by atoms with Gasteiger partial charge in [0.1, 0.15) is 5.69 Å². The smallest absolute Gasteiger partial charge is 0.271 e. The summed E-state index contributed by atoms with van der Waals surface area (Å²) in [7, 11) is 1.84. The fraction of sp³-hybridized carbons (Fsp3) is 0.375. The van der Waals surface area contributed by atoms with Gasteiger partial charge in [-0.05, 0) is 31.0 Å². The Bertz CT molecular complexity index is 883. The molecule has 0 aromatic carbocycles. The largest absolute Gasteiger partial charge is 0.382 e. The molecule has 0 aliphatic carbocycles. The van der Waals surface area contributed by atoms with E-state index in [4.69, 9.17) is 10.7 Å². The van der Waals surface area contributed by atoms with E-state index in [1.807, 2.05) is 24.1 Å². The van der Waals surface area contributed by atoms with Gasteiger partial charge in [-0.25, -0.2) is 9.67 Å². The summed E-state index contributed by atoms with van der Waals surface area (Å²) in [5.74, 6) is 0.695. The number of likely N-dealkylation sites (tertiary alicyclic amines) is 1. The molecule has 0 bridgehead atoms. The van der Waals surface area contributed by atoms with Crippen LogP contribution < -0.4 is 5.73 Å². The van der Waals surface area contributed by atoms with Crippen LogP contribution in [-0.2, 0) is 7.05 Å². The molecule has 0 spiro atoms. The van der Waals surface area contributed by atoms with E-state index in [1.165, 1.54) is 0 Å². The average Bonchev–Trinajstić information content (AvgIpc) is 3.23. The van der Waals surface area contributed by atoms with Crippen molar-refractivity contribution in [2.75, 3.05) is 18.8 Å². The Morgan fingerprint density at radius 1 is 1.38 bits per heavy atom. The maximum Gasteiger partial charge on any atom is 0.271 e. The minimum absolute atomic E-state index is 0.0111. The van der Waals surface area contributed by atoms with E-state index in [9.17, 15) is 4.79 Å². The molecule has 0 saturated carbocycles. The number of aromatic nitrogens is 5. The van der Waals surface area contributed by atoms with Gasteiger partial charge in [0.05, 0.1) is 5.39 Å². The number of nitrogens with one attached hydrogen (secondary N) is 1. The molecular formula is C16H19N7O. The highest BCUT2D eigenvalue weighted by atomic mass is 16.2. The van der Waals surface area contributed by atoms with Gasteiger partial charge in [-0.3, -0.25) is 9.89 Å². The number of hydrogen-bond donors (Lipinski definition) is 2. The summed E-state index contributed by atoms with van der Waals surface area (Å²) in [4.78, 5) is 19.1. The first-order valence-corrected chi connectivity index (χ1v) is 8.01. The number of pyridine rings is 1. The predicted octanol–water partition coefficient (Wildman–Crippen LogP) is 1.29. The molecule has 0 radical (unpaired) electrons. The maximum atomic E-state index is 12.5. The molecule has 8 nitrogen and oxygen atoms in total. The van der Waals surface area contributed by atoms with Gasteiger partial charge < -0.3 is 10.6 Å². The van der Waals surface area contributed by atoms with Crippen LogP contribution in [0.2, 0.25) is 0 Å². The van der Waals surface area contributed by atoms with Crippen molar-refractivity contribution >= 4 is 22.8 Å². The topological polar surface area (TPSA) is 106 Å². The van der Waals surface area contributed by atoms with Gasteiger partial charge >= 0.3 is 0 Å². The first-order valence-electron chi connectivity index (χ1n) is 8.01. The van der Waals surface area contributed by atoms with Crippen molar-refractivity contribution in [2.24, 2.45) is 7.05 Å². The molecular weight excluding hydrogens is 306 g/mol. The van der Waals surface area contributed by atoms with Gasteiger partial charge in [-0.2, -0.15) is 10.2 Å². The number of nitrogens with zero attached hydrogens (tertiary/aromatic N) is 5. The number of carbonyl (C=O) groups excluding carboxylic acids is 1. The predicted molar refractivity (Wildman–Crippen MR) is 89.4 cm³/mol. The second-order valence-electron chi connectivity index (χ2n) is 6.18. The van der Waals surface area contributed by atoms with Crippen LogP contribution in [-0.4, -0.2) is 48.9 Å². The van der Waals surface area contributed by atoms with Crippen molar-refractivity contribution in [2.45, 2.75) is 18.8 Å². The number of aromatic amines is 1. The molecule has 24 heavy (non-hydrogen) atoms. The number of rotatable bonds is 2. The maximum absolute atomic E-state index is 12.5. The second-order valence-corrected chi connectivity index (χ2v) is 6.18. The molecule has 1 fully saturated rings. The standard InChI is InChI=1S/C16H19N7O/c1-22-15-11(14(17)21-22)4-5-12(19-15)10-3-2-8-23(9-10)16(24)13-6-7-18-20-13/h4-7,10H,2-3,8-9H2,1H3,(H2,17,21)(H,18,20)/t10-/m0/s1. The summed E-state index contributed by atoms with van der Waals surface area (Å²) in [6, 6.07) is 5.67. The van der Waals surface area contributed by atoms with Crippen LogP contribution in [0.3, 0.4) is 0 Å². The molecule has 1 aliphatic rings. The molecule has 124 valence electrons. The van der Waals surface area contributed by atoms with Crippen LogP contribution in [0, 0.1) is 0 Å². The molecule has 1 aliphatic heterocycles. The third-order valence-corrected chi connectivity index (χ3v) is 4.59. The quantitative estimate of drug-likeness (QED) is 0.738. The molecule has 1 amide bonds. The van der Waals surface area contributed by atoms with E-state index in [2.05, 4.69) is 15.3 Å². The molecule has 4 rings (SSSR count). The van der Waals surface area contributed by atoms with Crippen molar-refractivity contribution in [1.82, 2.24) is 29.9 Å². The Morgan fingerprint density at radius 2 is 2.25 bits per heavy atom. The Kier molecular flexibility index (Phi) is 3.44. The van der Waals surface area contributed by atoms with Gasteiger partial charge in [0.25, 0.3) is 5.91 Å². The lowest BCUT2D eigenvalue weighted by atomic mass is 9.94. The van der Waals surface area contributed by atoms with Crippen LogP contribution in [0.5, 0.6) is 0 Å². The Hall–Kier alpha value is -2.90. The van der Waals surface area contributed by atoms with Gasteiger partial charge in [0.15, 0.2) is 11.5 Å². The lowest BCUT2D eigenvalue weighted by molar-refractivity contribution is 0.0700. The third-order valence-electron chi connectivity index (χ3n) is 4.59. The van der Waals surface area contributed by atoms with Crippen LogP contribution in [0.15, 0.2) is 24.4 Å². The summed E-state index contributed by atoms with van der Waals surface area (Å²) < 4.78 is 1.70. The van der Waals surface area contributed by atoms with Crippen LogP contribution in [0.4, 0.5) is 5.82 Å². The second kappa shape index (κ2) is 5.63. The van der Waals surface area contributed by atoms with Crippen molar-refractivity contribution in [3.05, 3.63) is 35.8 Å². The highest BCUT2D eigenvalue weighted by molar-refractivity contribution is 5.92. The highest BCUT2D eigenvalue weighted by Crippen LogP contribution is 2.28. The van der Waals surface area contributed by atoms with Crippen LogP contribution >= 0.6 is 0 Å². The van der Waals surface area contributed by atoms with E-state index < -0.39 is 0 Å². The third kappa shape index (κ3) is 2.40. The number of carbonyl (C=O) groups is 1. The van der Waals surface area contributed by atoms with Crippen molar-refractivity contribution in [3.63, 3.8) is 0 Å². The van der Waals surface area contributed by atoms with Crippen molar-refractivity contribution in [1.29, 1.82) is 0 Å². The molecule has 3 N–H and O–H groups in total. The molecule has 3 aromatic rings. The highest BCUT2D eigenvalue weighted by Gasteiger charge is 2.27. The molecule has 8 heteroatoms. The number of piperidine rings is 1.